The zero-order chi connectivity index (χ0) is 18.6. The maximum Gasteiger partial charge on any atom is 0.222 e. The van der Waals surface area contributed by atoms with E-state index in [2.05, 4.69) is 21.9 Å². The van der Waals surface area contributed by atoms with Crippen molar-refractivity contribution >= 4 is 5.91 Å². The van der Waals surface area contributed by atoms with E-state index in [4.69, 9.17) is 0 Å². The number of amides is 1. The van der Waals surface area contributed by atoms with Crippen LogP contribution in [0.3, 0.4) is 0 Å². The molecule has 1 saturated heterocycles. The van der Waals surface area contributed by atoms with Gasteiger partial charge in [-0.25, -0.2) is 0 Å². The number of piperidine rings is 1. The van der Waals surface area contributed by atoms with Gasteiger partial charge in [0.05, 0.1) is 5.60 Å². The summed E-state index contributed by atoms with van der Waals surface area (Å²) < 4.78 is 0. The Labute approximate surface area is 158 Å². The second kappa shape index (κ2) is 8.10. The quantitative estimate of drug-likeness (QED) is 0.880. The monoisotopic (exact) mass is 358 g/mol. The molecule has 0 radical (unpaired) electrons. The molecule has 0 atom stereocenters. The molecule has 2 fully saturated rings. The average Bonchev–Trinajstić information content (AvgIpc) is 2.64. The fraction of sp³-hybridized carbons (Fsp3) is 0.682. The van der Waals surface area contributed by atoms with Crippen molar-refractivity contribution in [2.24, 2.45) is 5.41 Å². The van der Waals surface area contributed by atoms with Crippen LogP contribution in [0.15, 0.2) is 30.3 Å². The molecule has 2 aliphatic rings. The van der Waals surface area contributed by atoms with Crippen LogP contribution in [0.2, 0.25) is 0 Å². The molecule has 1 aliphatic carbocycles. The Kier molecular flexibility index (Phi) is 6.03. The summed E-state index contributed by atoms with van der Waals surface area (Å²) in [6.07, 6.45) is 7.63. The maximum atomic E-state index is 12.5. The zero-order valence-electron chi connectivity index (χ0n) is 16.4. The van der Waals surface area contributed by atoms with Crippen LogP contribution in [0.4, 0.5) is 0 Å². The zero-order valence-corrected chi connectivity index (χ0v) is 16.4. The number of likely N-dealkylation sites (tertiary alicyclic amines) is 1. The summed E-state index contributed by atoms with van der Waals surface area (Å²) >= 11 is 0. The predicted molar refractivity (Wildman–Crippen MR) is 105 cm³/mol. The number of aliphatic hydroxyl groups is 1. The Morgan fingerprint density at radius 2 is 1.65 bits per heavy atom. The summed E-state index contributed by atoms with van der Waals surface area (Å²) in [5.74, 6) is 0.295. The number of likely N-dealkylation sites (N-methyl/N-ethyl adjacent to an activating group) is 1. The molecular weight excluding hydrogens is 324 g/mol. The van der Waals surface area contributed by atoms with Gasteiger partial charge in [0.25, 0.3) is 0 Å². The number of rotatable bonds is 5. The van der Waals surface area contributed by atoms with Gasteiger partial charge in [0, 0.05) is 26.1 Å². The molecule has 26 heavy (non-hydrogen) atoms. The summed E-state index contributed by atoms with van der Waals surface area (Å²) in [6, 6.07) is 10.3. The van der Waals surface area contributed by atoms with Crippen LogP contribution in [0, 0.1) is 5.41 Å². The second-order valence-corrected chi connectivity index (χ2v) is 8.83. The molecule has 1 aliphatic heterocycles. The fourth-order valence-corrected chi connectivity index (χ4v) is 4.78. The highest BCUT2D eigenvalue weighted by molar-refractivity contribution is 5.76. The largest absolute Gasteiger partial charge is 0.389 e. The third kappa shape index (κ3) is 4.86. The first-order valence-corrected chi connectivity index (χ1v) is 10.1. The molecule has 1 spiro atoms. The molecule has 0 aromatic heterocycles. The van der Waals surface area contributed by atoms with Gasteiger partial charge in [-0.2, -0.15) is 0 Å². The van der Waals surface area contributed by atoms with Gasteiger partial charge < -0.3 is 14.9 Å². The first-order valence-electron chi connectivity index (χ1n) is 10.1. The summed E-state index contributed by atoms with van der Waals surface area (Å²) in [6.45, 7) is 2.53. The summed E-state index contributed by atoms with van der Waals surface area (Å²) in [4.78, 5) is 16.7. The van der Waals surface area contributed by atoms with Crippen molar-refractivity contribution in [3.05, 3.63) is 35.9 Å². The van der Waals surface area contributed by atoms with Gasteiger partial charge in [-0.05, 0) is 70.0 Å². The lowest BCUT2D eigenvalue weighted by molar-refractivity contribution is -0.135. The number of hydrogen-bond donors (Lipinski definition) is 1. The lowest BCUT2D eigenvalue weighted by atomic mass is 9.64. The second-order valence-electron chi connectivity index (χ2n) is 8.83. The first-order chi connectivity index (χ1) is 12.4. The molecule has 0 bridgehead atoms. The van der Waals surface area contributed by atoms with Crippen molar-refractivity contribution in [2.75, 3.05) is 33.7 Å². The smallest absolute Gasteiger partial charge is 0.222 e. The Morgan fingerprint density at radius 3 is 2.23 bits per heavy atom. The maximum absolute atomic E-state index is 12.5. The van der Waals surface area contributed by atoms with E-state index in [0.717, 1.165) is 64.6 Å². The molecule has 1 heterocycles. The Balaban J connectivity index is 1.45. The lowest BCUT2D eigenvalue weighted by Crippen LogP contribution is -2.49. The van der Waals surface area contributed by atoms with Crippen LogP contribution >= 0.6 is 0 Å². The molecule has 1 aromatic rings. The molecular formula is C22H34N2O2. The van der Waals surface area contributed by atoms with E-state index in [1.807, 2.05) is 32.3 Å². The van der Waals surface area contributed by atoms with Crippen LogP contribution in [-0.2, 0) is 11.2 Å². The number of nitrogens with zero attached hydrogens (tertiary/aromatic N) is 2. The van der Waals surface area contributed by atoms with E-state index in [9.17, 15) is 9.90 Å². The highest BCUT2D eigenvalue weighted by Gasteiger charge is 2.43. The first kappa shape index (κ1) is 19.4. The van der Waals surface area contributed by atoms with Crippen molar-refractivity contribution in [3.8, 4) is 0 Å². The molecule has 4 heteroatoms. The minimum absolute atomic E-state index is 0.295. The Morgan fingerprint density at radius 1 is 1.04 bits per heavy atom. The minimum atomic E-state index is -0.516. The summed E-state index contributed by atoms with van der Waals surface area (Å²) in [5.41, 5.74) is 1.08. The number of hydrogen-bond acceptors (Lipinski definition) is 3. The van der Waals surface area contributed by atoms with E-state index >= 15 is 0 Å². The van der Waals surface area contributed by atoms with Crippen molar-refractivity contribution < 1.29 is 9.90 Å². The van der Waals surface area contributed by atoms with Crippen molar-refractivity contribution in [3.63, 3.8) is 0 Å². The van der Waals surface area contributed by atoms with Crippen molar-refractivity contribution in [2.45, 2.75) is 57.0 Å². The SMILES string of the molecule is CN(C)CC1(O)CCC2(CCN(C(=O)CCc3ccccc3)CC2)CC1. The third-order valence-corrected chi connectivity index (χ3v) is 6.50. The Bertz CT molecular complexity index is 581. The molecule has 144 valence electrons. The van der Waals surface area contributed by atoms with Crippen LogP contribution in [0.1, 0.15) is 50.5 Å². The van der Waals surface area contributed by atoms with E-state index in [1.54, 1.807) is 0 Å². The third-order valence-electron chi connectivity index (χ3n) is 6.50. The molecule has 1 amide bonds. The van der Waals surface area contributed by atoms with Gasteiger partial charge in [-0.3, -0.25) is 4.79 Å². The summed E-state index contributed by atoms with van der Waals surface area (Å²) in [7, 11) is 4.06. The van der Waals surface area contributed by atoms with E-state index < -0.39 is 5.60 Å². The molecule has 3 rings (SSSR count). The molecule has 1 N–H and O–H groups in total. The van der Waals surface area contributed by atoms with Crippen molar-refractivity contribution in [1.82, 2.24) is 9.80 Å². The predicted octanol–water partition coefficient (Wildman–Crippen LogP) is 3.09. The summed E-state index contributed by atoms with van der Waals surface area (Å²) in [5, 5.41) is 10.8. The highest BCUT2D eigenvalue weighted by Crippen LogP contribution is 2.47. The van der Waals surface area contributed by atoms with Crippen LogP contribution < -0.4 is 0 Å². The van der Waals surface area contributed by atoms with Gasteiger partial charge in [-0.1, -0.05) is 30.3 Å². The Hall–Kier alpha value is -1.39. The average molecular weight is 359 g/mol. The molecule has 4 nitrogen and oxygen atoms in total. The van der Waals surface area contributed by atoms with E-state index in [1.165, 1.54) is 5.56 Å². The van der Waals surface area contributed by atoms with Crippen LogP contribution in [0.5, 0.6) is 0 Å². The van der Waals surface area contributed by atoms with E-state index in [-0.39, 0.29) is 0 Å². The van der Waals surface area contributed by atoms with Gasteiger partial charge in [0.2, 0.25) is 5.91 Å². The van der Waals surface area contributed by atoms with Crippen LogP contribution in [-0.4, -0.2) is 60.1 Å². The number of benzene rings is 1. The van der Waals surface area contributed by atoms with Crippen LogP contribution in [0.25, 0.3) is 0 Å². The fourth-order valence-electron chi connectivity index (χ4n) is 4.78. The van der Waals surface area contributed by atoms with Gasteiger partial charge in [0.15, 0.2) is 0 Å². The highest BCUT2D eigenvalue weighted by atomic mass is 16.3. The number of carbonyl (C=O) groups is 1. The van der Waals surface area contributed by atoms with Crippen molar-refractivity contribution in [1.29, 1.82) is 0 Å². The number of carbonyl (C=O) groups excluding carboxylic acids is 1. The van der Waals surface area contributed by atoms with Gasteiger partial charge >= 0.3 is 0 Å². The standard InChI is InChI=1S/C22H34N2O2/c1-23(2)18-22(26)12-10-21(11-13-22)14-16-24(17-15-21)20(25)9-8-19-6-4-3-5-7-19/h3-7,26H,8-18H2,1-2H3. The normalized spacial score (nSPS) is 21.9. The minimum Gasteiger partial charge on any atom is -0.389 e. The van der Waals surface area contributed by atoms with E-state index in [0.29, 0.717) is 17.7 Å². The molecule has 1 aromatic carbocycles. The topological polar surface area (TPSA) is 43.8 Å². The number of aryl methyl sites for hydroxylation is 1. The van der Waals surface area contributed by atoms with Gasteiger partial charge in [0.1, 0.15) is 0 Å². The molecule has 1 saturated carbocycles. The van der Waals surface area contributed by atoms with Gasteiger partial charge in [-0.15, -0.1) is 0 Å². The molecule has 0 unspecified atom stereocenters. The lowest BCUT2D eigenvalue weighted by Gasteiger charge is -2.48.